The lowest BCUT2D eigenvalue weighted by Gasteiger charge is -2.25. The Morgan fingerprint density at radius 1 is 0.909 bits per heavy atom. The van der Waals surface area contributed by atoms with Crippen LogP contribution in [0.2, 0.25) is 0 Å². The number of nitrogens with zero attached hydrogens (tertiary/aromatic N) is 1. The molecule has 5 nitrogen and oxygen atoms in total. The van der Waals surface area contributed by atoms with Crippen LogP contribution in [0.3, 0.4) is 0 Å². The van der Waals surface area contributed by atoms with E-state index in [4.69, 9.17) is 0 Å². The van der Waals surface area contributed by atoms with Crippen molar-refractivity contribution in [2.24, 2.45) is 0 Å². The van der Waals surface area contributed by atoms with Crippen LogP contribution in [-0.2, 0) is 22.0 Å². The number of nitrogens with one attached hydrogen (secondary N) is 1. The number of para-hydroxylation sites is 1. The molecule has 0 saturated heterocycles. The minimum absolute atomic E-state index is 0.0534. The highest BCUT2D eigenvalue weighted by Gasteiger charge is 2.24. The van der Waals surface area contributed by atoms with Gasteiger partial charge in [0, 0.05) is 0 Å². The Balaban J connectivity index is 1.87. The molecule has 6 heteroatoms. The summed E-state index contributed by atoms with van der Waals surface area (Å²) in [5, 5.41) is 3.02. The summed E-state index contributed by atoms with van der Waals surface area (Å²) in [5.74, 6) is -0.320. The van der Waals surface area contributed by atoms with E-state index in [1.807, 2.05) is 49.4 Å². The number of rotatable bonds is 7. The zero-order chi connectivity index (χ0) is 24.2. The van der Waals surface area contributed by atoms with Gasteiger partial charge >= 0.3 is 0 Å². The molecule has 3 rings (SSSR count). The number of anilines is 1. The van der Waals surface area contributed by atoms with Gasteiger partial charge < -0.3 is 5.32 Å². The Labute approximate surface area is 197 Å². The third kappa shape index (κ3) is 6.23. The van der Waals surface area contributed by atoms with E-state index in [0.29, 0.717) is 11.3 Å². The topological polar surface area (TPSA) is 66.5 Å². The highest BCUT2D eigenvalue weighted by Crippen LogP contribution is 2.27. The maximum Gasteiger partial charge on any atom is 0.253 e. The van der Waals surface area contributed by atoms with E-state index in [1.54, 1.807) is 24.3 Å². The summed E-state index contributed by atoms with van der Waals surface area (Å²) in [7, 11) is -3.62. The SMILES string of the molecule is C[C@@H](NC(=O)c1ccccc1N(Cc1ccccc1)S(C)(=O)=O)c1ccc(C(C)(C)C)cc1. The highest BCUT2D eigenvalue weighted by molar-refractivity contribution is 7.92. The number of carbonyl (C=O) groups excluding carboxylic acids is 1. The van der Waals surface area contributed by atoms with Crippen LogP contribution in [-0.4, -0.2) is 20.6 Å². The number of amides is 1. The van der Waals surface area contributed by atoms with Crippen LogP contribution < -0.4 is 9.62 Å². The van der Waals surface area contributed by atoms with Gasteiger partial charge in [0.05, 0.1) is 30.1 Å². The lowest BCUT2D eigenvalue weighted by Crippen LogP contribution is -2.33. The molecule has 0 heterocycles. The van der Waals surface area contributed by atoms with Crippen LogP contribution in [0.4, 0.5) is 5.69 Å². The van der Waals surface area contributed by atoms with Gasteiger partial charge in [0.1, 0.15) is 0 Å². The molecule has 1 amide bonds. The molecule has 0 bridgehead atoms. The van der Waals surface area contributed by atoms with Gasteiger partial charge in [-0.2, -0.15) is 0 Å². The molecule has 0 unspecified atom stereocenters. The fraction of sp³-hybridized carbons (Fsp3) is 0.296. The van der Waals surface area contributed by atoms with Crippen molar-refractivity contribution in [2.45, 2.75) is 45.7 Å². The fourth-order valence-corrected chi connectivity index (χ4v) is 4.54. The molecular formula is C27H32N2O3S. The standard InChI is InChI=1S/C27H32N2O3S/c1-20(22-15-17-23(18-16-22)27(2,3)4)28-26(30)24-13-9-10-14-25(24)29(33(5,31)32)19-21-11-7-6-8-12-21/h6-18,20H,19H2,1-5H3,(H,28,30)/t20-/m1/s1. The second-order valence-corrected chi connectivity index (χ2v) is 11.2. The molecule has 0 aliphatic heterocycles. The monoisotopic (exact) mass is 464 g/mol. The molecule has 0 saturated carbocycles. The van der Waals surface area contributed by atoms with E-state index in [2.05, 4.69) is 38.2 Å². The van der Waals surface area contributed by atoms with Crippen molar-refractivity contribution in [3.8, 4) is 0 Å². The normalized spacial score (nSPS) is 12.8. The van der Waals surface area contributed by atoms with E-state index in [1.165, 1.54) is 9.87 Å². The molecule has 1 N–H and O–H groups in total. The number of benzene rings is 3. The fourth-order valence-electron chi connectivity index (χ4n) is 3.64. The van der Waals surface area contributed by atoms with Crippen LogP contribution in [0.1, 0.15) is 60.8 Å². The summed E-state index contributed by atoms with van der Waals surface area (Å²) in [6, 6.07) is 24.1. The molecule has 174 valence electrons. The first-order valence-electron chi connectivity index (χ1n) is 11.0. The van der Waals surface area contributed by atoms with Crippen molar-refractivity contribution in [1.82, 2.24) is 5.32 Å². The van der Waals surface area contributed by atoms with Gasteiger partial charge in [-0.1, -0.05) is 87.5 Å². The average molecular weight is 465 g/mol. The van der Waals surface area contributed by atoms with Crippen molar-refractivity contribution in [3.05, 3.63) is 101 Å². The van der Waals surface area contributed by atoms with Crippen molar-refractivity contribution >= 4 is 21.6 Å². The molecule has 0 aliphatic carbocycles. The number of sulfonamides is 1. The molecule has 0 radical (unpaired) electrons. The van der Waals surface area contributed by atoms with E-state index in [-0.39, 0.29) is 23.9 Å². The van der Waals surface area contributed by atoms with Crippen LogP contribution >= 0.6 is 0 Å². The lowest BCUT2D eigenvalue weighted by atomic mass is 9.86. The van der Waals surface area contributed by atoms with Crippen LogP contribution in [0, 0.1) is 0 Å². The Hall–Kier alpha value is -3.12. The molecule has 33 heavy (non-hydrogen) atoms. The minimum Gasteiger partial charge on any atom is -0.345 e. The smallest absolute Gasteiger partial charge is 0.253 e. The number of carbonyl (C=O) groups is 1. The van der Waals surface area contributed by atoms with Gasteiger partial charge in [-0.3, -0.25) is 9.10 Å². The van der Waals surface area contributed by atoms with E-state index in [0.717, 1.165) is 17.4 Å². The van der Waals surface area contributed by atoms with Gasteiger partial charge in [0.2, 0.25) is 10.0 Å². The van der Waals surface area contributed by atoms with Crippen molar-refractivity contribution in [1.29, 1.82) is 0 Å². The van der Waals surface area contributed by atoms with Crippen LogP contribution in [0.25, 0.3) is 0 Å². The first-order chi connectivity index (χ1) is 15.5. The van der Waals surface area contributed by atoms with Gasteiger partial charge in [-0.05, 0) is 41.2 Å². The van der Waals surface area contributed by atoms with E-state index in [9.17, 15) is 13.2 Å². The summed E-state index contributed by atoms with van der Waals surface area (Å²) in [4.78, 5) is 13.2. The Kier molecular flexibility index (Phi) is 7.28. The molecule has 0 fully saturated rings. The number of hydrogen-bond donors (Lipinski definition) is 1. The van der Waals surface area contributed by atoms with Crippen molar-refractivity contribution < 1.29 is 13.2 Å². The number of hydrogen-bond acceptors (Lipinski definition) is 3. The molecule has 0 spiro atoms. The maximum atomic E-state index is 13.2. The van der Waals surface area contributed by atoms with E-state index < -0.39 is 10.0 Å². The Bertz CT molecular complexity index is 1200. The van der Waals surface area contributed by atoms with Gasteiger partial charge in [-0.15, -0.1) is 0 Å². The second-order valence-electron chi connectivity index (χ2n) is 9.34. The summed E-state index contributed by atoms with van der Waals surface area (Å²) in [6.45, 7) is 8.55. The third-order valence-electron chi connectivity index (χ3n) is 5.61. The molecular weight excluding hydrogens is 432 g/mol. The Morgan fingerprint density at radius 3 is 2.06 bits per heavy atom. The maximum absolute atomic E-state index is 13.2. The summed E-state index contributed by atoms with van der Waals surface area (Å²) in [5.41, 5.74) is 3.77. The minimum atomic E-state index is -3.62. The zero-order valence-corrected chi connectivity index (χ0v) is 20.7. The van der Waals surface area contributed by atoms with Crippen molar-refractivity contribution in [3.63, 3.8) is 0 Å². The van der Waals surface area contributed by atoms with Gasteiger partial charge in [-0.25, -0.2) is 8.42 Å². The Morgan fingerprint density at radius 2 is 1.48 bits per heavy atom. The lowest BCUT2D eigenvalue weighted by molar-refractivity contribution is 0.0940. The summed E-state index contributed by atoms with van der Waals surface area (Å²) < 4.78 is 26.6. The molecule has 3 aromatic rings. The van der Waals surface area contributed by atoms with E-state index >= 15 is 0 Å². The first-order valence-corrected chi connectivity index (χ1v) is 12.8. The highest BCUT2D eigenvalue weighted by atomic mass is 32.2. The van der Waals surface area contributed by atoms with Crippen LogP contribution in [0.15, 0.2) is 78.9 Å². The van der Waals surface area contributed by atoms with Gasteiger partial charge in [0.15, 0.2) is 0 Å². The molecule has 3 aromatic carbocycles. The summed E-state index contributed by atoms with van der Waals surface area (Å²) >= 11 is 0. The van der Waals surface area contributed by atoms with Gasteiger partial charge in [0.25, 0.3) is 5.91 Å². The van der Waals surface area contributed by atoms with Crippen molar-refractivity contribution in [2.75, 3.05) is 10.6 Å². The largest absolute Gasteiger partial charge is 0.345 e. The predicted molar refractivity (Wildman–Crippen MR) is 135 cm³/mol. The third-order valence-corrected chi connectivity index (χ3v) is 6.74. The average Bonchev–Trinajstić information content (AvgIpc) is 2.77. The molecule has 0 aliphatic rings. The van der Waals surface area contributed by atoms with Crippen LogP contribution in [0.5, 0.6) is 0 Å². The zero-order valence-electron chi connectivity index (χ0n) is 19.9. The first kappa shape index (κ1) is 24.5. The predicted octanol–water partition coefficient (Wildman–Crippen LogP) is 5.44. The quantitative estimate of drug-likeness (QED) is 0.506. The molecule has 1 atom stereocenters. The summed E-state index contributed by atoms with van der Waals surface area (Å²) in [6.07, 6.45) is 1.16. The molecule has 0 aromatic heterocycles. The second kappa shape index (κ2) is 9.79.